The molecule has 0 spiro atoms. The third-order valence-corrected chi connectivity index (χ3v) is 4.46. The lowest BCUT2D eigenvalue weighted by Crippen LogP contribution is -2.37. The minimum atomic E-state index is 0.172. The number of nitrogens with zero attached hydrogens (tertiary/aromatic N) is 4. The van der Waals surface area contributed by atoms with Crippen molar-refractivity contribution in [3.63, 3.8) is 0 Å². The van der Waals surface area contributed by atoms with Gasteiger partial charge in [0.25, 0.3) is 0 Å². The van der Waals surface area contributed by atoms with E-state index in [4.69, 9.17) is 0 Å². The van der Waals surface area contributed by atoms with Crippen molar-refractivity contribution in [3.05, 3.63) is 11.6 Å². The molecule has 1 aromatic heterocycles. The molecule has 6 nitrogen and oxygen atoms in total. The lowest BCUT2D eigenvalue weighted by atomic mass is 9.98. The molecule has 0 saturated carbocycles. The van der Waals surface area contributed by atoms with Crippen molar-refractivity contribution < 1.29 is 4.79 Å². The van der Waals surface area contributed by atoms with Crippen LogP contribution in [0.2, 0.25) is 0 Å². The monoisotopic (exact) mass is 307 g/mol. The van der Waals surface area contributed by atoms with Crippen molar-refractivity contribution in [2.75, 3.05) is 20.1 Å². The maximum atomic E-state index is 11.9. The summed E-state index contributed by atoms with van der Waals surface area (Å²) in [5.41, 5.74) is 0. The number of carbonyl (C=O) groups is 1. The summed E-state index contributed by atoms with van der Waals surface area (Å²) >= 11 is 0. The highest BCUT2D eigenvalue weighted by Crippen LogP contribution is 2.18. The summed E-state index contributed by atoms with van der Waals surface area (Å²) in [5, 5.41) is 7.33. The minimum absolute atomic E-state index is 0.172. The second-order valence-corrected chi connectivity index (χ2v) is 6.30. The predicted molar refractivity (Wildman–Crippen MR) is 86.6 cm³/mol. The van der Waals surface area contributed by atoms with Crippen LogP contribution in [0.5, 0.6) is 0 Å². The maximum absolute atomic E-state index is 11.9. The molecular formula is C16H29N5O. The van der Waals surface area contributed by atoms with E-state index in [0.29, 0.717) is 19.0 Å². The Morgan fingerprint density at radius 2 is 2.18 bits per heavy atom. The average molecular weight is 307 g/mol. The Bertz CT molecular complexity index is 485. The van der Waals surface area contributed by atoms with Gasteiger partial charge in [0.15, 0.2) is 0 Å². The first kappa shape index (κ1) is 16.9. The summed E-state index contributed by atoms with van der Waals surface area (Å²) in [6.45, 7) is 6.53. The number of likely N-dealkylation sites (tertiary alicyclic amines) is 1. The van der Waals surface area contributed by atoms with Crippen molar-refractivity contribution in [1.29, 1.82) is 0 Å². The summed E-state index contributed by atoms with van der Waals surface area (Å²) in [7, 11) is 2.17. The molecular weight excluding hydrogens is 278 g/mol. The summed E-state index contributed by atoms with van der Waals surface area (Å²) in [5.74, 6) is 1.91. The molecule has 1 amide bonds. The zero-order chi connectivity index (χ0) is 15.9. The first-order valence-corrected chi connectivity index (χ1v) is 8.41. The van der Waals surface area contributed by atoms with Crippen LogP contribution in [0, 0.1) is 13.8 Å². The van der Waals surface area contributed by atoms with Crippen molar-refractivity contribution >= 4 is 5.91 Å². The summed E-state index contributed by atoms with van der Waals surface area (Å²) < 4.78 is 1.90. The zero-order valence-corrected chi connectivity index (χ0v) is 14.1. The number of piperidine rings is 1. The van der Waals surface area contributed by atoms with Gasteiger partial charge in [0, 0.05) is 25.6 Å². The molecule has 0 aliphatic carbocycles. The highest BCUT2D eigenvalue weighted by Gasteiger charge is 2.19. The standard InChI is InChI=1S/C16H29N5O/c1-13-18-14(2)21(19-13)12-6-10-17-16(22)9-8-15-7-4-5-11-20(15)3/h15H,4-12H2,1-3H3,(H,17,22). The minimum Gasteiger partial charge on any atom is -0.356 e. The van der Waals surface area contributed by atoms with Crippen molar-refractivity contribution in [3.8, 4) is 0 Å². The average Bonchev–Trinajstić information content (AvgIpc) is 2.81. The van der Waals surface area contributed by atoms with Crippen LogP contribution in [0.15, 0.2) is 0 Å². The highest BCUT2D eigenvalue weighted by atomic mass is 16.1. The van der Waals surface area contributed by atoms with Gasteiger partial charge in [-0.2, -0.15) is 5.10 Å². The largest absolute Gasteiger partial charge is 0.356 e. The third-order valence-electron chi connectivity index (χ3n) is 4.46. The quantitative estimate of drug-likeness (QED) is 0.778. The Morgan fingerprint density at radius 3 is 2.86 bits per heavy atom. The molecule has 0 aromatic carbocycles. The van der Waals surface area contributed by atoms with Crippen molar-refractivity contribution in [2.45, 2.75) is 65.0 Å². The van der Waals surface area contributed by atoms with Gasteiger partial charge < -0.3 is 10.2 Å². The molecule has 1 aromatic rings. The molecule has 1 N–H and O–H groups in total. The number of nitrogens with one attached hydrogen (secondary N) is 1. The van der Waals surface area contributed by atoms with Crippen LogP contribution in [0.3, 0.4) is 0 Å². The number of aromatic nitrogens is 3. The normalized spacial score (nSPS) is 19.3. The molecule has 1 aliphatic rings. The Labute approximate surface area is 133 Å². The zero-order valence-electron chi connectivity index (χ0n) is 14.1. The van der Waals surface area contributed by atoms with E-state index >= 15 is 0 Å². The van der Waals surface area contributed by atoms with E-state index < -0.39 is 0 Å². The van der Waals surface area contributed by atoms with Gasteiger partial charge in [0.05, 0.1) is 0 Å². The highest BCUT2D eigenvalue weighted by molar-refractivity contribution is 5.75. The molecule has 1 aliphatic heterocycles. The van der Waals surface area contributed by atoms with Crippen molar-refractivity contribution in [1.82, 2.24) is 25.0 Å². The van der Waals surface area contributed by atoms with Crippen LogP contribution >= 0.6 is 0 Å². The number of hydrogen-bond acceptors (Lipinski definition) is 4. The van der Waals surface area contributed by atoms with Gasteiger partial charge in [-0.1, -0.05) is 6.42 Å². The van der Waals surface area contributed by atoms with Crippen LogP contribution in [0.1, 0.15) is 50.2 Å². The van der Waals surface area contributed by atoms with E-state index in [9.17, 15) is 4.79 Å². The second kappa shape index (κ2) is 8.27. The first-order chi connectivity index (χ1) is 10.6. The van der Waals surface area contributed by atoms with Gasteiger partial charge in [-0.25, -0.2) is 4.98 Å². The number of rotatable bonds is 7. The molecule has 22 heavy (non-hydrogen) atoms. The molecule has 1 saturated heterocycles. The van der Waals surface area contributed by atoms with Gasteiger partial charge in [-0.15, -0.1) is 0 Å². The van der Waals surface area contributed by atoms with Crippen LogP contribution in [0.4, 0.5) is 0 Å². The smallest absolute Gasteiger partial charge is 0.220 e. The topological polar surface area (TPSA) is 63.1 Å². The van der Waals surface area contributed by atoms with E-state index in [0.717, 1.165) is 31.0 Å². The number of amides is 1. The van der Waals surface area contributed by atoms with E-state index in [-0.39, 0.29) is 5.91 Å². The van der Waals surface area contributed by atoms with E-state index in [1.165, 1.54) is 25.8 Å². The Kier molecular flexibility index (Phi) is 6.36. The van der Waals surface area contributed by atoms with Gasteiger partial charge in [-0.05, 0) is 53.1 Å². The second-order valence-electron chi connectivity index (χ2n) is 6.30. The summed E-state index contributed by atoms with van der Waals surface area (Å²) in [6.07, 6.45) is 6.32. The molecule has 1 unspecified atom stereocenters. The SMILES string of the molecule is Cc1nc(C)n(CCCNC(=O)CCC2CCCCN2C)n1. The van der Waals surface area contributed by atoms with Gasteiger partial charge in [0.1, 0.15) is 11.6 Å². The maximum Gasteiger partial charge on any atom is 0.220 e. The lowest BCUT2D eigenvalue weighted by molar-refractivity contribution is -0.121. The number of carbonyl (C=O) groups excluding carboxylic acids is 1. The van der Waals surface area contributed by atoms with E-state index in [1.807, 2.05) is 18.5 Å². The molecule has 0 bridgehead atoms. The fourth-order valence-corrected chi connectivity index (χ4v) is 3.12. The van der Waals surface area contributed by atoms with Crippen molar-refractivity contribution in [2.24, 2.45) is 0 Å². The molecule has 1 fully saturated rings. The van der Waals surface area contributed by atoms with E-state index in [2.05, 4.69) is 27.3 Å². The Hall–Kier alpha value is -1.43. The fraction of sp³-hybridized carbons (Fsp3) is 0.812. The fourth-order valence-electron chi connectivity index (χ4n) is 3.12. The van der Waals surface area contributed by atoms with E-state index in [1.54, 1.807) is 0 Å². The molecule has 1 atom stereocenters. The Balaban J connectivity index is 1.58. The van der Waals surface area contributed by atoms with Crippen LogP contribution in [-0.2, 0) is 11.3 Å². The third kappa shape index (κ3) is 5.09. The predicted octanol–water partition coefficient (Wildman–Crippen LogP) is 1.67. The van der Waals surface area contributed by atoms with Crippen LogP contribution in [0.25, 0.3) is 0 Å². The Morgan fingerprint density at radius 1 is 1.36 bits per heavy atom. The van der Waals surface area contributed by atoms with Crippen LogP contribution in [-0.4, -0.2) is 51.8 Å². The molecule has 0 radical (unpaired) electrons. The van der Waals surface area contributed by atoms with Gasteiger partial charge in [0.2, 0.25) is 5.91 Å². The molecule has 6 heteroatoms. The molecule has 124 valence electrons. The number of hydrogen-bond donors (Lipinski definition) is 1. The summed E-state index contributed by atoms with van der Waals surface area (Å²) in [4.78, 5) is 18.6. The summed E-state index contributed by atoms with van der Waals surface area (Å²) in [6, 6.07) is 0.584. The first-order valence-electron chi connectivity index (χ1n) is 8.41. The number of aryl methyl sites for hydroxylation is 3. The lowest BCUT2D eigenvalue weighted by Gasteiger charge is -2.32. The van der Waals surface area contributed by atoms with Crippen LogP contribution < -0.4 is 5.32 Å². The van der Waals surface area contributed by atoms with Gasteiger partial charge >= 0.3 is 0 Å². The molecule has 2 heterocycles. The molecule has 2 rings (SSSR count). The van der Waals surface area contributed by atoms with Gasteiger partial charge in [-0.3, -0.25) is 9.48 Å².